The maximum atomic E-state index is 13.0. The second-order valence-electron chi connectivity index (χ2n) is 3.71. The molecule has 2 rings (SSSR count). The first-order valence-corrected chi connectivity index (χ1v) is 5.02. The highest BCUT2D eigenvalue weighted by Gasteiger charge is 2.17. The Kier molecular flexibility index (Phi) is 3.28. The Labute approximate surface area is 99.9 Å². The van der Waals surface area contributed by atoms with Gasteiger partial charge in [-0.15, -0.1) is 10.2 Å². The van der Waals surface area contributed by atoms with Crippen LogP contribution in [0.25, 0.3) is 0 Å². The molecule has 18 heavy (non-hydrogen) atoms. The predicted molar refractivity (Wildman–Crippen MR) is 53.8 cm³/mol. The molecule has 0 aliphatic rings. The van der Waals surface area contributed by atoms with Gasteiger partial charge >= 0.3 is 0 Å². The van der Waals surface area contributed by atoms with Crippen LogP contribution >= 0.6 is 0 Å². The smallest absolute Gasteiger partial charge is 0.194 e. The van der Waals surface area contributed by atoms with Crippen molar-refractivity contribution in [2.45, 2.75) is 12.5 Å². The van der Waals surface area contributed by atoms with Crippen LogP contribution in [0, 0.1) is 17.5 Å². The lowest BCUT2D eigenvalue weighted by Crippen LogP contribution is -2.06. The summed E-state index contributed by atoms with van der Waals surface area (Å²) in [4.78, 5) is 1.19. The Morgan fingerprint density at radius 1 is 1.28 bits per heavy atom. The minimum Gasteiger partial charge on any atom is -0.388 e. The maximum absolute atomic E-state index is 13.0. The van der Waals surface area contributed by atoms with Crippen molar-refractivity contribution < 1.29 is 18.3 Å². The number of aryl methyl sites for hydroxylation is 1. The first-order valence-electron chi connectivity index (χ1n) is 5.02. The van der Waals surface area contributed by atoms with E-state index in [2.05, 4.69) is 15.4 Å². The number of hydrogen-bond acceptors (Lipinski definition) is 4. The van der Waals surface area contributed by atoms with Gasteiger partial charge in [-0.3, -0.25) is 0 Å². The third-order valence-electron chi connectivity index (χ3n) is 2.32. The van der Waals surface area contributed by atoms with Crippen molar-refractivity contribution in [3.05, 3.63) is 41.0 Å². The minimum atomic E-state index is -1.57. The van der Waals surface area contributed by atoms with Crippen LogP contribution in [0.2, 0.25) is 0 Å². The van der Waals surface area contributed by atoms with Gasteiger partial charge in [-0.25, -0.2) is 13.2 Å². The molecular weight excluding hydrogens is 249 g/mol. The second-order valence-corrected chi connectivity index (χ2v) is 3.71. The topological polar surface area (TPSA) is 63.8 Å². The Hall–Kier alpha value is -1.96. The molecule has 1 heterocycles. The van der Waals surface area contributed by atoms with Gasteiger partial charge in [0.15, 0.2) is 23.3 Å². The van der Waals surface area contributed by atoms with E-state index in [1.165, 1.54) is 4.80 Å². The summed E-state index contributed by atoms with van der Waals surface area (Å²) in [6, 6.07) is 1.47. The van der Waals surface area contributed by atoms with Crippen molar-refractivity contribution in [1.29, 1.82) is 0 Å². The van der Waals surface area contributed by atoms with Crippen LogP contribution in [0.4, 0.5) is 13.2 Å². The fraction of sp³-hybridized carbons (Fsp3) is 0.300. The van der Waals surface area contributed by atoms with Gasteiger partial charge in [-0.05, 0) is 22.9 Å². The van der Waals surface area contributed by atoms with Gasteiger partial charge in [-0.2, -0.15) is 4.80 Å². The standard InChI is InChI=1S/C10H9F3N4O/c1-17-15-9(14-16-17)4-8(18)5-2-6(11)10(13)7(12)3-5/h2-3,8,18H,4H2,1H3. The number of tetrazole rings is 1. The average Bonchev–Trinajstić information content (AvgIpc) is 2.71. The molecule has 1 atom stereocenters. The zero-order valence-corrected chi connectivity index (χ0v) is 9.31. The third kappa shape index (κ3) is 2.48. The SMILES string of the molecule is Cn1nnc(CC(O)c2cc(F)c(F)c(F)c2)n1. The molecule has 5 nitrogen and oxygen atoms in total. The fourth-order valence-corrected chi connectivity index (χ4v) is 1.46. The number of hydrogen-bond donors (Lipinski definition) is 1. The summed E-state index contributed by atoms with van der Waals surface area (Å²) in [5.41, 5.74) is -0.0844. The highest BCUT2D eigenvalue weighted by atomic mass is 19.2. The summed E-state index contributed by atoms with van der Waals surface area (Å²) in [6.07, 6.45) is -1.31. The van der Waals surface area contributed by atoms with Crippen LogP contribution in [0.15, 0.2) is 12.1 Å². The lowest BCUT2D eigenvalue weighted by Gasteiger charge is -2.09. The summed E-state index contributed by atoms with van der Waals surface area (Å²) < 4.78 is 38.7. The lowest BCUT2D eigenvalue weighted by atomic mass is 10.1. The Balaban J connectivity index is 2.21. The molecule has 0 amide bonds. The highest BCUT2D eigenvalue weighted by Crippen LogP contribution is 2.21. The van der Waals surface area contributed by atoms with Crippen molar-refractivity contribution in [2.24, 2.45) is 7.05 Å². The van der Waals surface area contributed by atoms with Crippen molar-refractivity contribution in [3.63, 3.8) is 0 Å². The number of aromatic nitrogens is 4. The number of halogens is 3. The Morgan fingerprint density at radius 3 is 2.39 bits per heavy atom. The van der Waals surface area contributed by atoms with Crippen LogP contribution in [-0.4, -0.2) is 25.3 Å². The molecule has 0 radical (unpaired) electrons. The second kappa shape index (κ2) is 4.73. The van der Waals surface area contributed by atoms with Gasteiger partial charge in [-0.1, -0.05) is 0 Å². The van der Waals surface area contributed by atoms with E-state index >= 15 is 0 Å². The molecule has 1 unspecified atom stereocenters. The molecule has 1 aromatic carbocycles. The van der Waals surface area contributed by atoms with E-state index in [4.69, 9.17) is 0 Å². The molecule has 0 saturated carbocycles. The lowest BCUT2D eigenvalue weighted by molar-refractivity contribution is 0.174. The molecular formula is C10H9F3N4O. The summed E-state index contributed by atoms with van der Waals surface area (Å²) in [5, 5.41) is 20.7. The fourth-order valence-electron chi connectivity index (χ4n) is 1.46. The van der Waals surface area contributed by atoms with E-state index in [1.807, 2.05) is 0 Å². The van der Waals surface area contributed by atoms with E-state index < -0.39 is 23.6 Å². The van der Waals surface area contributed by atoms with Gasteiger partial charge in [0.2, 0.25) is 0 Å². The van der Waals surface area contributed by atoms with Crippen molar-refractivity contribution in [3.8, 4) is 0 Å². The molecule has 8 heteroatoms. The molecule has 0 saturated heterocycles. The average molecular weight is 258 g/mol. The van der Waals surface area contributed by atoms with Crippen molar-refractivity contribution in [2.75, 3.05) is 0 Å². The van der Waals surface area contributed by atoms with E-state index in [1.54, 1.807) is 7.05 Å². The maximum Gasteiger partial charge on any atom is 0.194 e. The molecule has 1 aromatic heterocycles. The molecule has 0 fully saturated rings. The highest BCUT2D eigenvalue weighted by molar-refractivity contribution is 5.22. The third-order valence-corrected chi connectivity index (χ3v) is 2.32. The van der Waals surface area contributed by atoms with E-state index in [0.717, 1.165) is 12.1 Å². The Bertz CT molecular complexity index is 549. The zero-order chi connectivity index (χ0) is 13.3. The van der Waals surface area contributed by atoms with Crippen LogP contribution in [0.5, 0.6) is 0 Å². The first-order chi connectivity index (χ1) is 8.47. The molecule has 1 N–H and O–H groups in total. The molecule has 96 valence electrons. The molecule has 0 aliphatic heterocycles. The molecule has 0 aliphatic carbocycles. The summed E-state index contributed by atoms with van der Waals surface area (Å²) in [7, 11) is 1.54. The van der Waals surface area contributed by atoms with E-state index in [9.17, 15) is 18.3 Å². The molecule has 0 bridgehead atoms. The Morgan fingerprint density at radius 2 is 1.89 bits per heavy atom. The number of benzene rings is 1. The van der Waals surface area contributed by atoms with Gasteiger partial charge in [0.05, 0.1) is 13.2 Å². The van der Waals surface area contributed by atoms with Gasteiger partial charge in [0, 0.05) is 6.42 Å². The zero-order valence-electron chi connectivity index (χ0n) is 9.31. The normalized spacial score (nSPS) is 12.7. The van der Waals surface area contributed by atoms with Crippen LogP contribution in [0.1, 0.15) is 17.5 Å². The van der Waals surface area contributed by atoms with Crippen molar-refractivity contribution >= 4 is 0 Å². The van der Waals surface area contributed by atoms with E-state index in [-0.39, 0.29) is 17.8 Å². The molecule has 2 aromatic rings. The largest absolute Gasteiger partial charge is 0.388 e. The van der Waals surface area contributed by atoms with Crippen LogP contribution < -0.4 is 0 Å². The minimum absolute atomic E-state index is 0.0711. The van der Waals surface area contributed by atoms with Crippen molar-refractivity contribution in [1.82, 2.24) is 20.2 Å². The summed E-state index contributed by atoms with van der Waals surface area (Å²) >= 11 is 0. The van der Waals surface area contributed by atoms with Crippen LogP contribution in [0.3, 0.4) is 0 Å². The van der Waals surface area contributed by atoms with E-state index in [0.29, 0.717) is 0 Å². The number of nitrogens with zero attached hydrogens (tertiary/aromatic N) is 4. The van der Waals surface area contributed by atoms with Gasteiger partial charge < -0.3 is 5.11 Å². The quantitative estimate of drug-likeness (QED) is 0.831. The monoisotopic (exact) mass is 258 g/mol. The number of rotatable bonds is 3. The predicted octanol–water partition coefficient (Wildman–Crippen LogP) is 0.903. The van der Waals surface area contributed by atoms with Crippen LogP contribution in [-0.2, 0) is 13.5 Å². The summed E-state index contributed by atoms with van der Waals surface area (Å²) in [5.74, 6) is -4.05. The summed E-state index contributed by atoms with van der Waals surface area (Å²) in [6.45, 7) is 0. The first kappa shape index (κ1) is 12.5. The molecule has 0 spiro atoms. The number of aliphatic hydroxyl groups excluding tert-OH is 1. The van der Waals surface area contributed by atoms with Gasteiger partial charge in [0.1, 0.15) is 0 Å². The number of aliphatic hydroxyl groups is 1. The van der Waals surface area contributed by atoms with Gasteiger partial charge in [0.25, 0.3) is 0 Å².